The summed E-state index contributed by atoms with van der Waals surface area (Å²) in [4.78, 5) is 32.0. The highest BCUT2D eigenvalue weighted by molar-refractivity contribution is 8.15. The summed E-state index contributed by atoms with van der Waals surface area (Å²) in [5, 5.41) is 5.57. The predicted molar refractivity (Wildman–Crippen MR) is 134 cm³/mol. The van der Waals surface area contributed by atoms with Crippen molar-refractivity contribution in [2.75, 3.05) is 11.9 Å². The van der Waals surface area contributed by atoms with Gasteiger partial charge in [-0.2, -0.15) is 0 Å². The van der Waals surface area contributed by atoms with E-state index < -0.39 is 5.25 Å². The van der Waals surface area contributed by atoms with E-state index in [2.05, 4.69) is 11.9 Å². The average Bonchev–Trinajstić information content (AvgIpc) is 3.05. The number of nitrogens with zero attached hydrogens (tertiary/aromatic N) is 2. The number of carbonyl (C=O) groups is 2. The van der Waals surface area contributed by atoms with Crippen LogP contribution in [0.5, 0.6) is 0 Å². The fourth-order valence-electron chi connectivity index (χ4n) is 3.39. The van der Waals surface area contributed by atoms with Crippen LogP contribution in [0.3, 0.4) is 0 Å². The van der Waals surface area contributed by atoms with E-state index in [9.17, 15) is 9.59 Å². The van der Waals surface area contributed by atoms with Gasteiger partial charge in [-0.3, -0.25) is 14.5 Å². The number of hydrogen-bond acceptors (Lipinski definition) is 4. The summed E-state index contributed by atoms with van der Waals surface area (Å²) in [5.74, 6) is -0.508. The van der Waals surface area contributed by atoms with Crippen LogP contribution in [0.4, 0.5) is 11.4 Å². The fraction of sp³-hybridized carbons (Fsp3) is 0.125. The van der Waals surface area contributed by atoms with E-state index in [1.165, 1.54) is 11.8 Å². The summed E-state index contributed by atoms with van der Waals surface area (Å²) in [7, 11) is 0. The van der Waals surface area contributed by atoms with Gasteiger partial charge in [0.1, 0.15) is 5.25 Å². The van der Waals surface area contributed by atoms with Crippen LogP contribution in [-0.2, 0) is 9.59 Å². The second kappa shape index (κ2) is 9.77. The molecule has 1 N–H and O–H groups in total. The molecule has 1 unspecified atom stereocenters. The Morgan fingerprint density at radius 3 is 2.75 bits per heavy atom. The second-order valence-corrected chi connectivity index (χ2v) is 9.13. The molecule has 162 valence electrons. The average molecular weight is 484 g/mol. The predicted octanol–water partition coefficient (Wildman–Crippen LogP) is 6.29. The van der Waals surface area contributed by atoms with E-state index in [0.717, 1.165) is 16.5 Å². The van der Waals surface area contributed by atoms with E-state index >= 15 is 0 Å². The molecule has 8 heteroatoms. The molecule has 1 aliphatic heterocycles. The number of thioether (sulfide) groups is 1. The normalized spacial score (nSPS) is 17.2. The van der Waals surface area contributed by atoms with E-state index in [4.69, 9.17) is 28.2 Å². The molecule has 4 rings (SSSR count). The molecule has 3 aromatic carbocycles. The molecular formula is C24H19Cl2N3O2S. The van der Waals surface area contributed by atoms with Crippen molar-refractivity contribution in [2.45, 2.75) is 11.7 Å². The molecule has 32 heavy (non-hydrogen) atoms. The Balaban J connectivity index is 1.57. The first-order valence-corrected chi connectivity index (χ1v) is 11.5. The summed E-state index contributed by atoms with van der Waals surface area (Å²) in [6.45, 7) is 4.06. The zero-order valence-corrected chi connectivity index (χ0v) is 19.3. The smallest absolute Gasteiger partial charge is 0.242 e. The summed E-state index contributed by atoms with van der Waals surface area (Å²) in [6, 6.07) is 18.6. The monoisotopic (exact) mass is 483 g/mol. The van der Waals surface area contributed by atoms with Crippen LogP contribution >= 0.6 is 35.0 Å². The fourth-order valence-corrected chi connectivity index (χ4v) is 4.89. The molecule has 0 radical (unpaired) electrons. The van der Waals surface area contributed by atoms with Crippen molar-refractivity contribution in [2.24, 2.45) is 4.99 Å². The molecule has 0 bridgehead atoms. The van der Waals surface area contributed by atoms with Gasteiger partial charge in [-0.25, -0.2) is 4.99 Å². The molecule has 2 amide bonds. The SMILES string of the molecule is C=CCN1C(=O)C(CC(=O)Nc2cc(Cl)ccc2Cl)SC1=Nc1cccc2ccccc12. The van der Waals surface area contributed by atoms with Crippen LogP contribution in [0.2, 0.25) is 10.0 Å². The molecule has 0 spiro atoms. The molecule has 1 atom stereocenters. The Morgan fingerprint density at radius 1 is 1.16 bits per heavy atom. The zero-order chi connectivity index (χ0) is 22.7. The molecule has 0 aromatic heterocycles. The maximum atomic E-state index is 13.0. The minimum absolute atomic E-state index is 0.0193. The van der Waals surface area contributed by atoms with Crippen molar-refractivity contribution in [1.29, 1.82) is 0 Å². The first-order chi connectivity index (χ1) is 15.5. The van der Waals surface area contributed by atoms with Gasteiger partial charge in [0.2, 0.25) is 11.8 Å². The third-order valence-electron chi connectivity index (χ3n) is 4.89. The summed E-state index contributed by atoms with van der Waals surface area (Å²) in [6.07, 6.45) is 1.62. The van der Waals surface area contributed by atoms with Gasteiger partial charge in [0, 0.05) is 23.4 Å². The van der Waals surface area contributed by atoms with Gasteiger partial charge in [-0.1, -0.05) is 77.4 Å². The van der Waals surface area contributed by atoms with Crippen molar-refractivity contribution in [3.8, 4) is 0 Å². The van der Waals surface area contributed by atoms with E-state index in [1.54, 1.807) is 29.2 Å². The Morgan fingerprint density at radius 2 is 1.94 bits per heavy atom. The second-order valence-electron chi connectivity index (χ2n) is 7.11. The number of amides is 2. The van der Waals surface area contributed by atoms with Crippen molar-refractivity contribution < 1.29 is 9.59 Å². The molecule has 5 nitrogen and oxygen atoms in total. The van der Waals surface area contributed by atoms with Crippen molar-refractivity contribution in [3.63, 3.8) is 0 Å². The lowest BCUT2D eigenvalue weighted by atomic mass is 10.1. The maximum absolute atomic E-state index is 13.0. The summed E-state index contributed by atoms with van der Waals surface area (Å²) < 4.78 is 0. The Bertz CT molecular complexity index is 1240. The highest BCUT2D eigenvalue weighted by Gasteiger charge is 2.38. The third-order valence-corrected chi connectivity index (χ3v) is 6.63. The lowest BCUT2D eigenvalue weighted by molar-refractivity contribution is -0.127. The number of nitrogens with one attached hydrogen (secondary N) is 1. The highest BCUT2D eigenvalue weighted by Crippen LogP contribution is 2.34. The highest BCUT2D eigenvalue weighted by atomic mass is 35.5. The molecule has 1 aliphatic rings. The summed E-state index contributed by atoms with van der Waals surface area (Å²) in [5.41, 5.74) is 1.18. The Kier molecular flexibility index (Phi) is 6.84. The number of hydrogen-bond donors (Lipinski definition) is 1. The van der Waals surface area contributed by atoms with Gasteiger partial charge in [0.05, 0.1) is 16.4 Å². The quantitative estimate of drug-likeness (QED) is 0.418. The molecule has 3 aromatic rings. The molecule has 1 heterocycles. The molecule has 1 fully saturated rings. The molecule has 0 aliphatic carbocycles. The van der Waals surface area contributed by atoms with Crippen LogP contribution in [0, 0.1) is 0 Å². The minimum Gasteiger partial charge on any atom is -0.325 e. The number of aliphatic imine (C=N–C) groups is 1. The number of anilines is 1. The van der Waals surface area contributed by atoms with Gasteiger partial charge >= 0.3 is 0 Å². The first kappa shape index (κ1) is 22.4. The van der Waals surface area contributed by atoms with Crippen molar-refractivity contribution in [1.82, 2.24) is 4.90 Å². The van der Waals surface area contributed by atoms with Crippen LogP contribution in [0.15, 0.2) is 78.3 Å². The van der Waals surface area contributed by atoms with Crippen LogP contribution < -0.4 is 5.32 Å². The minimum atomic E-state index is -0.596. The van der Waals surface area contributed by atoms with Crippen molar-refractivity contribution in [3.05, 3.63) is 83.4 Å². The van der Waals surface area contributed by atoms with Crippen molar-refractivity contribution >= 4 is 74.1 Å². The number of carbonyl (C=O) groups excluding carboxylic acids is 2. The van der Waals surface area contributed by atoms with E-state index in [1.807, 2.05) is 42.5 Å². The Labute approximate surface area is 200 Å². The van der Waals surface area contributed by atoms with Gasteiger partial charge in [0.15, 0.2) is 5.17 Å². The number of fused-ring (bicyclic) bond motifs is 1. The lowest BCUT2D eigenvalue weighted by Crippen LogP contribution is -2.33. The van der Waals surface area contributed by atoms with Crippen LogP contribution in [-0.4, -0.2) is 33.7 Å². The Hall–Kier alpha value is -2.80. The topological polar surface area (TPSA) is 61.8 Å². The maximum Gasteiger partial charge on any atom is 0.242 e. The lowest BCUT2D eigenvalue weighted by Gasteiger charge is -2.14. The van der Waals surface area contributed by atoms with Gasteiger partial charge < -0.3 is 5.32 Å². The van der Waals surface area contributed by atoms with Gasteiger partial charge in [-0.05, 0) is 29.7 Å². The number of rotatable bonds is 6. The van der Waals surface area contributed by atoms with E-state index in [-0.39, 0.29) is 18.2 Å². The zero-order valence-electron chi connectivity index (χ0n) is 16.9. The third kappa shape index (κ3) is 4.83. The summed E-state index contributed by atoms with van der Waals surface area (Å²) >= 11 is 13.4. The largest absolute Gasteiger partial charge is 0.325 e. The van der Waals surface area contributed by atoms with Crippen LogP contribution in [0.25, 0.3) is 10.8 Å². The molecular weight excluding hydrogens is 465 g/mol. The first-order valence-electron chi connectivity index (χ1n) is 9.86. The number of halogens is 2. The van der Waals surface area contributed by atoms with Gasteiger partial charge in [0.25, 0.3) is 0 Å². The number of benzene rings is 3. The molecule has 0 saturated carbocycles. The van der Waals surface area contributed by atoms with Gasteiger partial charge in [-0.15, -0.1) is 6.58 Å². The molecule has 1 saturated heterocycles. The number of amidine groups is 1. The van der Waals surface area contributed by atoms with Crippen LogP contribution in [0.1, 0.15) is 6.42 Å². The standard InChI is InChI=1S/C24H19Cl2N3O2S/c1-2-12-29-23(31)21(14-22(30)27-20-13-16(25)10-11-18(20)26)32-24(29)28-19-9-5-7-15-6-3-4-8-17(15)19/h2-11,13,21H,1,12,14H2,(H,27,30). The van der Waals surface area contributed by atoms with E-state index in [0.29, 0.717) is 27.4 Å².